The van der Waals surface area contributed by atoms with E-state index >= 15 is 0 Å². The Hall–Kier alpha value is -3.31. The highest BCUT2D eigenvalue weighted by Gasteiger charge is 2.31. The second-order valence-corrected chi connectivity index (χ2v) is 3.25. The maximum atomic E-state index is 11.0. The van der Waals surface area contributed by atoms with E-state index in [1.807, 2.05) is 0 Å². The lowest BCUT2D eigenvalue weighted by Crippen LogP contribution is -2.14. The largest absolute Gasteiger partial charge is 0.453 e. The summed E-state index contributed by atoms with van der Waals surface area (Å²) in [6.07, 6.45) is -1.19. The van der Waals surface area contributed by atoms with Crippen LogP contribution in [0, 0.1) is 30.3 Å². The topological polar surface area (TPSA) is 168 Å². The zero-order chi connectivity index (χ0) is 15.4. The average molecular weight is 286 g/mol. The Morgan fingerprint density at radius 3 is 1.80 bits per heavy atom. The fourth-order valence-electron chi connectivity index (χ4n) is 1.27. The average Bonchev–Trinajstić information content (AvgIpc) is 2.37. The first-order valence-corrected chi connectivity index (χ1v) is 4.74. The third-order valence-electron chi connectivity index (χ3n) is 2.10. The van der Waals surface area contributed by atoms with Crippen LogP contribution in [0.25, 0.3) is 0 Å². The van der Waals surface area contributed by atoms with E-state index in [0.29, 0.717) is 12.1 Å². The van der Waals surface area contributed by atoms with E-state index in [1.165, 1.54) is 0 Å². The number of hydrogen-bond donors (Lipinski definition) is 1. The number of carbonyl (C=O) groups excluding carboxylic acids is 1. The van der Waals surface area contributed by atoms with Gasteiger partial charge >= 0.3 is 17.5 Å². The maximum Gasteiger partial charge on any atom is 0.411 e. The number of anilines is 1. The molecule has 1 rings (SSSR count). The molecule has 0 aliphatic rings. The summed E-state index contributed by atoms with van der Waals surface area (Å²) in [5.41, 5.74) is -3.62. The number of non-ortho nitro benzene ring substituents is 1. The highest BCUT2D eigenvalue weighted by atomic mass is 16.6. The van der Waals surface area contributed by atoms with E-state index in [-0.39, 0.29) is 0 Å². The summed E-state index contributed by atoms with van der Waals surface area (Å²) >= 11 is 0. The van der Waals surface area contributed by atoms with Gasteiger partial charge in [-0.3, -0.25) is 35.7 Å². The van der Waals surface area contributed by atoms with E-state index in [1.54, 1.807) is 5.32 Å². The number of amides is 1. The summed E-state index contributed by atoms with van der Waals surface area (Å²) in [4.78, 5) is 40.0. The van der Waals surface area contributed by atoms with Gasteiger partial charge in [0.05, 0.1) is 34.0 Å². The van der Waals surface area contributed by atoms with Crippen molar-refractivity contribution in [2.75, 3.05) is 12.4 Å². The van der Waals surface area contributed by atoms with Gasteiger partial charge in [-0.2, -0.15) is 0 Å². The zero-order valence-electron chi connectivity index (χ0n) is 9.76. The highest BCUT2D eigenvalue weighted by molar-refractivity contribution is 5.92. The first-order chi connectivity index (χ1) is 9.27. The summed E-state index contributed by atoms with van der Waals surface area (Å²) in [6, 6.07) is 0.997. The molecule has 1 amide bonds. The fraction of sp³-hybridized carbons (Fsp3) is 0.125. The number of benzene rings is 1. The van der Waals surface area contributed by atoms with Crippen LogP contribution >= 0.6 is 0 Å². The minimum absolute atomic E-state index is 0.498. The lowest BCUT2D eigenvalue weighted by Gasteiger charge is -2.05. The summed E-state index contributed by atoms with van der Waals surface area (Å²) in [5.74, 6) is 0. The second-order valence-electron chi connectivity index (χ2n) is 3.25. The van der Waals surface area contributed by atoms with Crippen molar-refractivity contribution in [2.24, 2.45) is 0 Å². The van der Waals surface area contributed by atoms with Crippen LogP contribution < -0.4 is 5.32 Å². The molecule has 12 nitrogen and oxygen atoms in total. The summed E-state index contributed by atoms with van der Waals surface area (Å²) < 4.78 is 4.17. The molecule has 0 radical (unpaired) electrons. The number of nitro groups is 3. The van der Waals surface area contributed by atoms with Crippen molar-refractivity contribution < 1.29 is 24.3 Å². The number of ether oxygens (including phenoxy) is 1. The van der Waals surface area contributed by atoms with Gasteiger partial charge in [-0.05, 0) is 0 Å². The predicted molar refractivity (Wildman–Crippen MR) is 62.4 cm³/mol. The minimum atomic E-state index is -1.19. The zero-order valence-corrected chi connectivity index (χ0v) is 9.76. The van der Waals surface area contributed by atoms with Gasteiger partial charge < -0.3 is 4.74 Å². The molecule has 20 heavy (non-hydrogen) atoms. The van der Waals surface area contributed by atoms with E-state index in [9.17, 15) is 35.1 Å². The van der Waals surface area contributed by atoms with Gasteiger partial charge in [0.2, 0.25) is 5.69 Å². The molecule has 0 aliphatic carbocycles. The molecular weight excluding hydrogens is 280 g/mol. The van der Waals surface area contributed by atoms with Crippen LogP contribution in [0.15, 0.2) is 12.1 Å². The molecule has 0 unspecified atom stereocenters. The number of nitrogens with zero attached hydrogens (tertiary/aromatic N) is 3. The Bertz CT molecular complexity index is 577. The van der Waals surface area contributed by atoms with Crippen LogP contribution in [0.1, 0.15) is 0 Å². The van der Waals surface area contributed by atoms with Crippen molar-refractivity contribution in [3.8, 4) is 0 Å². The standard InChI is InChI=1S/C8H6N4O8/c1-20-8(13)9-7-5(11(16)17)2-4(10(14)15)3-6(7)12(18)19/h2-3H,1H3,(H,9,13). The molecule has 0 saturated heterocycles. The van der Waals surface area contributed by atoms with Gasteiger partial charge in [0.1, 0.15) is 0 Å². The third-order valence-corrected chi connectivity index (χ3v) is 2.10. The Morgan fingerprint density at radius 1 is 1.05 bits per heavy atom. The molecule has 1 N–H and O–H groups in total. The van der Waals surface area contributed by atoms with Crippen molar-refractivity contribution in [1.29, 1.82) is 0 Å². The van der Waals surface area contributed by atoms with Crippen molar-refractivity contribution >= 4 is 28.8 Å². The van der Waals surface area contributed by atoms with Crippen molar-refractivity contribution in [2.45, 2.75) is 0 Å². The molecule has 1 aromatic carbocycles. The number of hydrogen-bond acceptors (Lipinski definition) is 8. The Labute approximate surface area is 109 Å². The van der Waals surface area contributed by atoms with Crippen LogP contribution in [0.3, 0.4) is 0 Å². The Kier molecular flexibility index (Phi) is 4.10. The third kappa shape index (κ3) is 2.92. The van der Waals surface area contributed by atoms with E-state index in [2.05, 4.69) is 4.74 Å². The van der Waals surface area contributed by atoms with Crippen LogP contribution in [0.2, 0.25) is 0 Å². The molecule has 12 heteroatoms. The van der Waals surface area contributed by atoms with Crippen molar-refractivity contribution in [3.63, 3.8) is 0 Å². The number of nitro benzene ring substituents is 3. The van der Waals surface area contributed by atoms with Crippen LogP contribution in [0.5, 0.6) is 0 Å². The van der Waals surface area contributed by atoms with Crippen molar-refractivity contribution in [1.82, 2.24) is 0 Å². The van der Waals surface area contributed by atoms with Crippen LogP contribution in [-0.2, 0) is 4.74 Å². The van der Waals surface area contributed by atoms with Gasteiger partial charge in [-0.15, -0.1) is 0 Å². The fourth-order valence-corrected chi connectivity index (χ4v) is 1.27. The first kappa shape index (κ1) is 14.7. The quantitative estimate of drug-likeness (QED) is 0.642. The van der Waals surface area contributed by atoms with E-state index in [0.717, 1.165) is 7.11 Å². The smallest absolute Gasteiger partial charge is 0.411 e. The van der Waals surface area contributed by atoms with E-state index < -0.39 is 43.6 Å². The molecular formula is C8H6N4O8. The Morgan fingerprint density at radius 2 is 1.50 bits per heavy atom. The predicted octanol–water partition coefficient (Wildman–Crippen LogP) is 1.59. The maximum absolute atomic E-state index is 11.0. The molecule has 0 saturated carbocycles. The number of rotatable bonds is 4. The number of methoxy groups -OCH3 is 1. The molecule has 0 fully saturated rings. The molecule has 1 aromatic rings. The van der Waals surface area contributed by atoms with Crippen molar-refractivity contribution in [3.05, 3.63) is 42.5 Å². The number of nitrogens with one attached hydrogen (secondary N) is 1. The summed E-state index contributed by atoms with van der Waals surface area (Å²) in [5, 5.41) is 34.0. The first-order valence-electron chi connectivity index (χ1n) is 4.74. The number of carbonyl (C=O) groups is 1. The monoisotopic (exact) mass is 286 g/mol. The van der Waals surface area contributed by atoms with Gasteiger partial charge in [0, 0.05) is 0 Å². The molecule has 0 aromatic heterocycles. The van der Waals surface area contributed by atoms with Gasteiger partial charge in [0.15, 0.2) is 0 Å². The van der Waals surface area contributed by atoms with Crippen LogP contribution in [-0.4, -0.2) is 28.0 Å². The van der Waals surface area contributed by atoms with Gasteiger partial charge in [-0.1, -0.05) is 0 Å². The lowest BCUT2D eigenvalue weighted by molar-refractivity contribution is -0.401. The summed E-state index contributed by atoms with van der Waals surface area (Å²) in [6.45, 7) is 0. The lowest BCUT2D eigenvalue weighted by atomic mass is 10.2. The second kappa shape index (κ2) is 5.55. The van der Waals surface area contributed by atoms with Gasteiger partial charge in [-0.25, -0.2) is 4.79 Å². The molecule has 0 aliphatic heterocycles. The minimum Gasteiger partial charge on any atom is -0.453 e. The SMILES string of the molecule is COC(=O)Nc1c([N+](=O)[O-])cc([N+](=O)[O-])cc1[N+](=O)[O-]. The molecule has 106 valence electrons. The van der Waals surface area contributed by atoms with Crippen LogP contribution in [0.4, 0.5) is 27.5 Å². The summed E-state index contributed by atoms with van der Waals surface area (Å²) in [7, 11) is 0.943. The highest BCUT2D eigenvalue weighted by Crippen LogP contribution is 2.38. The van der Waals surface area contributed by atoms with E-state index in [4.69, 9.17) is 0 Å². The normalized spacial score (nSPS) is 9.65. The molecule has 0 spiro atoms. The molecule has 0 atom stereocenters. The molecule has 0 bridgehead atoms. The Balaban J connectivity index is 3.59. The van der Waals surface area contributed by atoms with Gasteiger partial charge in [0.25, 0.3) is 5.69 Å². The molecule has 0 heterocycles.